The van der Waals surface area contributed by atoms with Crippen molar-refractivity contribution < 1.29 is 28.2 Å². The van der Waals surface area contributed by atoms with E-state index in [2.05, 4.69) is 9.88 Å². The zero-order valence-electron chi connectivity index (χ0n) is 21.7. The predicted molar refractivity (Wildman–Crippen MR) is 139 cm³/mol. The highest BCUT2D eigenvalue weighted by Crippen LogP contribution is 2.38. The maximum Gasteiger partial charge on any atom is 0.335 e. The van der Waals surface area contributed by atoms with E-state index in [0.717, 1.165) is 41.0 Å². The largest absolute Gasteiger partial charge is 0.494 e. The Kier molecular flexibility index (Phi) is 5.74. The van der Waals surface area contributed by atoms with Gasteiger partial charge in [0.2, 0.25) is 0 Å². The molecule has 0 unspecified atom stereocenters. The van der Waals surface area contributed by atoms with Gasteiger partial charge in [-0.15, -0.1) is 0 Å². The number of nitrogens with one attached hydrogen (secondary N) is 1. The number of aromatic carboxylic acids is 1. The van der Waals surface area contributed by atoms with Crippen LogP contribution in [0.1, 0.15) is 41.9 Å². The van der Waals surface area contributed by atoms with Gasteiger partial charge in [-0.2, -0.15) is 0 Å². The molecule has 204 valence electrons. The maximum atomic E-state index is 13.2. The lowest BCUT2D eigenvalue weighted by atomic mass is 10.1. The average molecular weight is 539 g/mol. The first-order valence-corrected chi connectivity index (χ1v) is 12.8. The van der Waals surface area contributed by atoms with Gasteiger partial charge >= 0.3 is 12.0 Å². The third-order valence-corrected chi connectivity index (χ3v) is 7.45. The minimum atomic E-state index is -2.83. The number of fused-ring (bicyclic) bond motifs is 2. The second kappa shape index (κ2) is 8.92. The molecule has 1 aromatic carbocycles. The molecular weight excluding hydrogens is 510 g/mol. The molecule has 2 N–H and O–H groups in total. The Morgan fingerprint density at radius 3 is 2.59 bits per heavy atom. The molecule has 2 aliphatic rings. The SMILES string of the molecule is COc1cc(C(=O)O)cc2nc(-c3cc4ccc([C@@H](C)NC(=O)N5CC(F)(F)C5)nc4n3CC3CC3)n(C)c12. The lowest BCUT2D eigenvalue weighted by Crippen LogP contribution is -2.61. The van der Waals surface area contributed by atoms with Crippen LogP contribution in [0.2, 0.25) is 0 Å². The summed E-state index contributed by atoms with van der Waals surface area (Å²) in [6.45, 7) is 1.35. The molecule has 0 radical (unpaired) electrons. The summed E-state index contributed by atoms with van der Waals surface area (Å²) >= 11 is 0. The summed E-state index contributed by atoms with van der Waals surface area (Å²) in [4.78, 5) is 34.8. The second-order valence-electron chi connectivity index (χ2n) is 10.5. The Balaban J connectivity index is 1.40. The molecule has 0 bridgehead atoms. The first-order chi connectivity index (χ1) is 18.5. The van der Waals surface area contributed by atoms with E-state index in [1.807, 2.05) is 29.8 Å². The number of carboxylic acids is 1. The van der Waals surface area contributed by atoms with E-state index >= 15 is 0 Å². The van der Waals surface area contributed by atoms with Crippen molar-refractivity contribution in [1.29, 1.82) is 0 Å². The molecule has 4 aromatic rings. The van der Waals surface area contributed by atoms with E-state index in [0.29, 0.717) is 34.2 Å². The van der Waals surface area contributed by atoms with Crippen LogP contribution in [0.25, 0.3) is 33.6 Å². The van der Waals surface area contributed by atoms with Crippen LogP contribution >= 0.6 is 0 Å². The van der Waals surface area contributed by atoms with Gasteiger partial charge in [-0.25, -0.2) is 28.3 Å². The van der Waals surface area contributed by atoms with E-state index in [9.17, 15) is 23.5 Å². The number of methoxy groups -OCH3 is 1. The molecule has 3 aromatic heterocycles. The van der Waals surface area contributed by atoms with Crippen LogP contribution in [-0.4, -0.2) is 67.2 Å². The number of halogens is 2. The monoisotopic (exact) mass is 538 g/mol. The van der Waals surface area contributed by atoms with Crippen molar-refractivity contribution in [2.75, 3.05) is 20.2 Å². The number of alkyl halides is 2. The van der Waals surface area contributed by atoms with Crippen LogP contribution in [0, 0.1) is 5.92 Å². The number of nitrogens with zero attached hydrogens (tertiary/aromatic N) is 5. The van der Waals surface area contributed by atoms with Gasteiger partial charge in [0.05, 0.1) is 48.7 Å². The number of carboxylic acid groups (broad SMARTS) is 1. The summed E-state index contributed by atoms with van der Waals surface area (Å²) in [5.74, 6) is -2.32. The van der Waals surface area contributed by atoms with Crippen molar-refractivity contribution in [2.45, 2.75) is 38.3 Å². The Labute approximate surface area is 222 Å². The normalized spacial score (nSPS) is 17.3. The number of amides is 2. The Hall–Kier alpha value is -4.22. The van der Waals surface area contributed by atoms with Crippen molar-refractivity contribution in [3.63, 3.8) is 0 Å². The molecule has 0 spiro atoms. The molecule has 1 saturated heterocycles. The number of rotatable bonds is 7. The van der Waals surface area contributed by atoms with Gasteiger partial charge < -0.3 is 29.2 Å². The van der Waals surface area contributed by atoms with Gasteiger partial charge in [0.1, 0.15) is 16.9 Å². The van der Waals surface area contributed by atoms with Crippen molar-refractivity contribution >= 4 is 34.1 Å². The molecular formula is C27H28F2N6O4. The minimum Gasteiger partial charge on any atom is -0.494 e. The number of aryl methyl sites for hydroxylation is 1. The highest BCUT2D eigenvalue weighted by molar-refractivity contribution is 5.96. The van der Waals surface area contributed by atoms with Crippen molar-refractivity contribution in [3.8, 4) is 17.3 Å². The molecule has 4 heterocycles. The lowest BCUT2D eigenvalue weighted by molar-refractivity contribution is -0.110. The number of aromatic nitrogens is 4. The number of hydrogen-bond acceptors (Lipinski definition) is 5. The number of benzene rings is 1. The van der Waals surface area contributed by atoms with Crippen LogP contribution in [0.5, 0.6) is 5.75 Å². The molecule has 1 atom stereocenters. The van der Waals surface area contributed by atoms with Crippen LogP contribution in [0.4, 0.5) is 13.6 Å². The van der Waals surface area contributed by atoms with E-state index in [4.69, 9.17) is 14.7 Å². The molecule has 39 heavy (non-hydrogen) atoms. The summed E-state index contributed by atoms with van der Waals surface area (Å²) in [6.07, 6.45) is 2.23. The van der Waals surface area contributed by atoms with E-state index in [-0.39, 0.29) is 5.56 Å². The zero-order valence-corrected chi connectivity index (χ0v) is 21.7. The Morgan fingerprint density at radius 1 is 1.21 bits per heavy atom. The van der Waals surface area contributed by atoms with Gasteiger partial charge in [0.25, 0.3) is 5.92 Å². The Bertz CT molecular complexity index is 1630. The molecule has 2 amide bonds. The molecule has 1 aliphatic heterocycles. The molecule has 10 nitrogen and oxygen atoms in total. The van der Waals surface area contributed by atoms with Gasteiger partial charge in [0.15, 0.2) is 5.82 Å². The minimum absolute atomic E-state index is 0.0896. The van der Waals surface area contributed by atoms with Crippen LogP contribution < -0.4 is 10.1 Å². The molecule has 6 rings (SSSR count). The number of hydrogen-bond donors (Lipinski definition) is 2. The topological polar surface area (TPSA) is 115 Å². The van der Waals surface area contributed by atoms with Gasteiger partial charge in [0, 0.05) is 19.0 Å². The fraction of sp³-hybridized carbons (Fsp3) is 0.407. The molecule has 2 fully saturated rings. The van der Waals surface area contributed by atoms with E-state index in [1.165, 1.54) is 19.2 Å². The number of imidazole rings is 1. The summed E-state index contributed by atoms with van der Waals surface area (Å²) in [7, 11) is 3.36. The Morgan fingerprint density at radius 2 is 1.95 bits per heavy atom. The number of ether oxygens (including phenoxy) is 1. The highest BCUT2D eigenvalue weighted by atomic mass is 19.3. The lowest BCUT2D eigenvalue weighted by Gasteiger charge is -2.39. The van der Waals surface area contributed by atoms with Gasteiger partial charge in [-0.1, -0.05) is 0 Å². The first kappa shape index (κ1) is 25.1. The number of carbonyl (C=O) groups is 2. The molecule has 12 heteroatoms. The average Bonchev–Trinajstić information content (AvgIpc) is 3.55. The van der Waals surface area contributed by atoms with Gasteiger partial charge in [-0.3, -0.25) is 0 Å². The molecule has 1 saturated carbocycles. The smallest absolute Gasteiger partial charge is 0.335 e. The fourth-order valence-corrected chi connectivity index (χ4v) is 5.14. The maximum absolute atomic E-state index is 13.2. The third-order valence-electron chi connectivity index (χ3n) is 7.45. The van der Waals surface area contributed by atoms with E-state index < -0.39 is 37.1 Å². The number of urea groups is 1. The quantitative estimate of drug-likeness (QED) is 0.360. The van der Waals surface area contributed by atoms with Crippen LogP contribution in [0.15, 0.2) is 30.3 Å². The summed E-state index contributed by atoms with van der Waals surface area (Å²) in [5, 5.41) is 13.2. The number of carbonyl (C=O) groups excluding carboxylic acids is 1. The molecule has 1 aliphatic carbocycles. The number of likely N-dealkylation sites (tertiary alicyclic amines) is 1. The van der Waals surface area contributed by atoms with Gasteiger partial charge in [-0.05, 0) is 56.0 Å². The second-order valence-corrected chi connectivity index (χ2v) is 10.5. The van der Waals surface area contributed by atoms with Crippen LogP contribution in [-0.2, 0) is 13.6 Å². The highest BCUT2D eigenvalue weighted by Gasteiger charge is 2.46. The van der Waals surface area contributed by atoms with Crippen molar-refractivity contribution in [1.82, 2.24) is 29.3 Å². The zero-order chi connectivity index (χ0) is 27.6. The van der Waals surface area contributed by atoms with Crippen molar-refractivity contribution in [2.24, 2.45) is 13.0 Å². The summed E-state index contributed by atoms with van der Waals surface area (Å²) < 4.78 is 35.9. The fourth-order valence-electron chi connectivity index (χ4n) is 5.14. The summed E-state index contributed by atoms with van der Waals surface area (Å²) in [5.41, 5.74) is 3.46. The number of pyridine rings is 1. The van der Waals surface area contributed by atoms with Crippen molar-refractivity contribution in [3.05, 3.63) is 41.6 Å². The van der Waals surface area contributed by atoms with Crippen LogP contribution in [0.3, 0.4) is 0 Å². The standard InChI is InChI=1S/C27H28F2N6O4/c1-14(30-26(38)34-12-27(28,29)13-34)18-7-6-16-9-20(35(23(16)31-18)11-15-4-5-15)24-32-19-8-17(25(36)37)10-21(39-3)22(19)33(24)2/h6-10,14-15H,4-5,11-13H2,1-3H3,(H,30,38)(H,36,37)/t14-/m1/s1. The first-order valence-electron chi connectivity index (χ1n) is 12.8. The summed E-state index contributed by atoms with van der Waals surface area (Å²) in [6, 6.07) is 7.74. The van der Waals surface area contributed by atoms with E-state index in [1.54, 1.807) is 6.92 Å². The predicted octanol–water partition coefficient (Wildman–Crippen LogP) is 4.43. The third kappa shape index (κ3) is 4.43.